The maximum absolute atomic E-state index is 13.4. The molecular weight excluding hydrogens is 580 g/mol. The summed E-state index contributed by atoms with van der Waals surface area (Å²) < 4.78 is 11.1. The molecule has 5 rings (SSSR count). The summed E-state index contributed by atoms with van der Waals surface area (Å²) in [6.07, 6.45) is 1.48. The average molecular weight is 611 g/mol. The summed E-state index contributed by atoms with van der Waals surface area (Å²) in [5, 5.41) is 12.3. The van der Waals surface area contributed by atoms with Crippen LogP contribution in [0.5, 0.6) is 11.5 Å². The van der Waals surface area contributed by atoms with Gasteiger partial charge >= 0.3 is 0 Å². The van der Waals surface area contributed by atoms with Crippen molar-refractivity contribution in [3.05, 3.63) is 118 Å². The Hall–Kier alpha value is -5.15. The molecule has 0 radical (unpaired) electrons. The fraction of sp³-hybridized carbons (Fsp3) is 0.176. The van der Waals surface area contributed by atoms with Crippen LogP contribution in [0.4, 0.5) is 11.4 Å². The summed E-state index contributed by atoms with van der Waals surface area (Å²) in [6, 6.07) is 25.4. The second-order valence-corrected chi connectivity index (χ2v) is 10.4. The first-order chi connectivity index (χ1) is 21.3. The van der Waals surface area contributed by atoms with Crippen LogP contribution in [-0.2, 0) is 0 Å². The van der Waals surface area contributed by atoms with Crippen LogP contribution in [0.2, 0.25) is 5.02 Å². The maximum atomic E-state index is 13.4. The molecule has 9 nitrogen and oxygen atoms in total. The first-order valence-corrected chi connectivity index (χ1v) is 14.5. The molecule has 1 heterocycles. The zero-order chi connectivity index (χ0) is 31.1. The quantitative estimate of drug-likeness (QED) is 0.214. The van der Waals surface area contributed by atoms with Crippen molar-refractivity contribution >= 4 is 46.4 Å². The molecule has 3 amide bonds. The highest BCUT2D eigenvalue weighted by Crippen LogP contribution is 2.30. The lowest BCUT2D eigenvalue weighted by atomic mass is 10.0. The second-order valence-electron chi connectivity index (χ2n) is 9.95. The van der Waals surface area contributed by atoms with Gasteiger partial charge in [-0.3, -0.25) is 14.4 Å². The highest BCUT2D eigenvalue weighted by molar-refractivity contribution is 6.30. The van der Waals surface area contributed by atoms with Crippen LogP contribution in [0.1, 0.15) is 56.4 Å². The topological polar surface area (TPSA) is 109 Å². The average Bonchev–Trinajstić information content (AvgIpc) is 3.05. The SMILES string of the molecule is CCOc1cc(C2=NN(C(=O)c3cccc(NC(=O)c4ccc(NC(=O)c5ccc(Cl)cc5)cc4)c3)CCC2)ccc1OC. The molecular formula is C34H31ClN4O5. The van der Waals surface area contributed by atoms with E-state index in [1.54, 1.807) is 79.9 Å². The van der Waals surface area contributed by atoms with E-state index in [0.717, 1.165) is 24.1 Å². The van der Waals surface area contributed by atoms with Crippen LogP contribution >= 0.6 is 11.6 Å². The van der Waals surface area contributed by atoms with E-state index in [1.807, 2.05) is 25.1 Å². The van der Waals surface area contributed by atoms with E-state index < -0.39 is 0 Å². The molecule has 0 atom stereocenters. The molecule has 44 heavy (non-hydrogen) atoms. The van der Waals surface area contributed by atoms with Gasteiger partial charge in [0.25, 0.3) is 17.7 Å². The number of carbonyl (C=O) groups is 3. The molecule has 224 valence electrons. The van der Waals surface area contributed by atoms with Gasteiger partial charge in [-0.15, -0.1) is 0 Å². The Bertz CT molecular complexity index is 1700. The normalized spacial score (nSPS) is 12.6. The predicted molar refractivity (Wildman–Crippen MR) is 171 cm³/mol. The van der Waals surface area contributed by atoms with Crippen LogP contribution in [-0.4, -0.2) is 48.7 Å². The highest BCUT2D eigenvalue weighted by Gasteiger charge is 2.22. The molecule has 0 spiro atoms. The minimum Gasteiger partial charge on any atom is -0.493 e. The van der Waals surface area contributed by atoms with Gasteiger partial charge in [-0.1, -0.05) is 17.7 Å². The molecule has 4 aromatic carbocycles. The van der Waals surface area contributed by atoms with Crippen molar-refractivity contribution in [3.8, 4) is 11.5 Å². The lowest BCUT2D eigenvalue weighted by Gasteiger charge is -2.24. The van der Waals surface area contributed by atoms with Crippen LogP contribution < -0.4 is 20.1 Å². The van der Waals surface area contributed by atoms with Gasteiger partial charge in [0.1, 0.15) is 0 Å². The number of anilines is 2. The van der Waals surface area contributed by atoms with Gasteiger partial charge in [0, 0.05) is 45.2 Å². The number of amides is 3. The number of methoxy groups -OCH3 is 1. The number of hydrogen-bond donors (Lipinski definition) is 2. The van der Waals surface area contributed by atoms with Gasteiger partial charge in [-0.05, 0) is 105 Å². The molecule has 4 aromatic rings. The Morgan fingerprint density at radius 1 is 0.818 bits per heavy atom. The lowest BCUT2D eigenvalue weighted by molar-refractivity contribution is 0.0751. The Labute approximate surface area is 260 Å². The number of nitrogens with one attached hydrogen (secondary N) is 2. The van der Waals surface area contributed by atoms with Crippen molar-refractivity contribution < 1.29 is 23.9 Å². The predicted octanol–water partition coefficient (Wildman–Crippen LogP) is 6.89. The van der Waals surface area contributed by atoms with Crippen molar-refractivity contribution in [2.24, 2.45) is 5.10 Å². The summed E-state index contributed by atoms with van der Waals surface area (Å²) in [5.74, 6) is 0.352. The van der Waals surface area contributed by atoms with Gasteiger partial charge in [0.15, 0.2) is 11.5 Å². The van der Waals surface area contributed by atoms with E-state index in [-0.39, 0.29) is 17.7 Å². The standard InChI is InChI=1S/C34H31ClN4O5/c1-3-44-31-21-24(13-18-30(31)43-2)29-8-5-19-39(38-29)34(42)25-6-4-7-28(20-25)37-33(41)23-11-16-27(17-12-23)36-32(40)22-9-14-26(35)15-10-22/h4,6-7,9-18,20-21H,3,5,8,19H2,1-2H3,(H,36,40)(H,37,41). The van der Waals surface area contributed by atoms with Crippen molar-refractivity contribution in [1.82, 2.24) is 5.01 Å². The molecule has 10 heteroatoms. The van der Waals surface area contributed by atoms with Crippen molar-refractivity contribution in [2.45, 2.75) is 19.8 Å². The molecule has 1 aliphatic heterocycles. The Morgan fingerprint density at radius 2 is 1.50 bits per heavy atom. The molecule has 0 aromatic heterocycles. The van der Waals surface area contributed by atoms with Gasteiger partial charge < -0.3 is 20.1 Å². The first kappa shape index (κ1) is 30.3. The maximum Gasteiger partial charge on any atom is 0.274 e. The third kappa shape index (κ3) is 7.25. The molecule has 0 bridgehead atoms. The van der Waals surface area contributed by atoms with Crippen molar-refractivity contribution in [2.75, 3.05) is 30.9 Å². The highest BCUT2D eigenvalue weighted by atomic mass is 35.5. The van der Waals surface area contributed by atoms with E-state index in [4.69, 9.17) is 21.1 Å². The minimum absolute atomic E-state index is 0.266. The Morgan fingerprint density at radius 3 is 2.18 bits per heavy atom. The first-order valence-electron chi connectivity index (χ1n) is 14.1. The number of hydrogen-bond acceptors (Lipinski definition) is 6. The molecule has 0 fully saturated rings. The molecule has 1 aliphatic rings. The zero-order valence-corrected chi connectivity index (χ0v) is 25.1. The number of benzene rings is 4. The molecule has 0 saturated heterocycles. The van der Waals surface area contributed by atoms with E-state index in [0.29, 0.717) is 57.7 Å². The molecule has 0 unspecified atom stereocenters. The number of ether oxygens (including phenoxy) is 2. The van der Waals surface area contributed by atoms with Crippen LogP contribution in [0.15, 0.2) is 96.1 Å². The van der Waals surface area contributed by atoms with E-state index in [2.05, 4.69) is 15.7 Å². The second kappa shape index (κ2) is 13.9. The van der Waals surface area contributed by atoms with Gasteiger partial charge in [-0.2, -0.15) is 5.10 Å². The van der Waals surface area contributed by atoms with Crippen LogP contribution in [0, 0.1) is 0 Å². The lowest BCUT2D eigenvalue weighted by Crippen LogP contribution is -2.32. The third-order valence-corrected chi connectivity index (χ3v) is 7.19. The molecule has 2 N–H and O–H groups in total. The summed E-state index contributed by atoms with van der Waals surface area (Å²) in [4.78, 5) is 38.8. The monoisotopic (exact) mass is 610 g/mol. The minimum atomic E-state index is -0.354. The summed E-state index contributed by atoms with van der Waals surface area (Å²) in [6.45, 7) is 2.88. The summed E-state index contributed by atoms with van der Waals surface area (Å²) in [7, 11) is 1.59. The Balaban J connectivity index is 1.24. The number of nitrogens with zero attached hydrogens (tertiary/aromatic N) is 2. The number of halogens is 1. The van der Waals surface area contributed by atoms with Crippen LogP contribution in [0.25, 0.3) is 0 Å². The van der Waals surface area contributed by atoms with Gasteiger partial charge in [0.05, 0.1) is 19.4 Å². The molecule has 0 saturated carbocycles. The summed E-state index contributed by atoms with van der Waals surface area (Å²) in [5.41, 5.74) is 3.92. The number of hydrazone groups is 1. The largest absolute Gasteiger partial charge is 0.493 e. The number of carbonyl (C=O) groups excluding carboxylic acids is 3. The zero-order valence-electron chi connectivity index (χ0n) is 24.3. The van der Waals surface area contributed by atoms with E-state index in [1.165, 1.54) is 5.01 Å². The van der Waals surface area contributed by atoms with Crippen molar-refractivity contribution in [1.29, 1.82) is 0 Å². The van der Waals surface area contributed by atoms with Crippen molar-refractivity contribution in [3.63, 3.8) is 0 Å². The number of rotatable bonds is 9. The Kier molecular flexibility index (Phi) is 9.56. The third-order valence-electron chi connectivity index (χ3n) is 6.93. The fourth-order valence-electron chi connectivity index (χ4n) is 4.71. The van der Waals surface area contributed by atoms with E-state index in [9.17, 15) is 14.4 Å². The fourth-order valence-corrected chi connectivity index (χ4v) is 4.83. The molecule has 0 aliphatic carbocycles. The van der Waals surface area contributed by atoms with E-state index >= 15 is 0 Å². The summed E-state index contributed by atoms with van der Waals surface area (Å²) >= 11 is 5.89. The van der Waals surface area contributed by atoms with Crippen LogP contribution in [0.3, 0.4) is 0 Å². The smallest absolute Gasteiger partial charge is 0.274 e. The van der Waals surface area contributed by atoms with Gasteiger partial charge in [-0.25, -0.2) is 5.01 Å². The van der Waals surface area contributed by atoms with Gasteiger partial charge in [0.2, 0.25) is 0 Å².